The smallest absolute Gasteiger partial charge is 0.0484 e. The van der Waals surface area contributed by atoms with Gasteiger partial charge in [0, 0.05) is 12.1 Å². The van der Waals surface area contributed by atoms with Crippen LogP contribution in [0.15, 0.2) is 24.3 Å². The first-order valence-electron chi connectivity index (χ1n) is 8.34. The van der Waals surface area contributed by atoms with Crippen molar-refractivity contribution in [2.45, 2.75) is 51.6 Å². The first-order chi connectivity index (χ1) is 9.79. The van der Waals surface area contributed by atoms with Crippen LogP contribution in [0, 0.1) is 5.92 Å². The molecule has 1 N–H and O–H groups in total. The van der Waals surface area contributed by atoms with Crippen molar-refractivity contribution in [3.63, 3.8) is 0 Å². The zero-order valence-electron chi connectivity index (χ0n) is 12.9. The second-order valence-corrected chi connectivity index (χ2v) is 6.58. The normalized spacial score (nSPS) is 31.0. The Hall–Kier alpha value is -0.860. The number of nitrogens with zero attached hydrogens (tertiary/aromatic N) is 1. The van der Waals surface area contributed by atoms with Gasteiger partial charge >= 0.3 is 0 Å². The monoisotopic (exact) mass is 272 g/mol. The lowest BCUT2D eigenvalue weighted by molar-refractivity contribution is 0.171. The summed E-state index contributed by atoms with van der Waals surface area (Å²) in [6.45, 7) is 8.25. The average Bonchev–Trinajstić information content (AvgIpc) is 2.67. The molecule has 0 radical (unpaired) electrons. The molecule has 2 heteroatoms. The lowest BCUT2D eigenvalue weighted by atomic mass is 10.0. The van der Waals surface area contributed by atoms with Gasteiger partial charge in [-0.15, -0.1) is 0 Å². The van der Waals surface area contributed by atoms with E-state index >= 15 is 0 Å². The van der Waals surface area contributed by atoms with Crippen LogP contribution in [0.2, 0.25) is 0 Å². The third-order valence-corrected chi connectivity index (χ3v) is 5.15. The SMILES string of the molecule is CCNC1c2ccccc2CC1N1CCCC(C)CC1. The van der Waals surface area contributed by atoms with Gasteiger partial charge in [0.25, 0.3) is 0 Å². The summed E-state index contributed by atoms with van der Waals surface area (Å²) in [5.74, 6) is 0.904. The Morgan fingerprint density at radius 1 is 1.20 bits per heavy atom. The van der Waals surface area contributed by atoms with Crippen molar-refractivity contribution < 1.29 is 0 Å². The molecule has 0 amide bonds. The Morgan fingerprint density at radius 3 is 2.90 bits per heavy atom. The topological polar surface area (TPSA) is 15.3 Å². The van der Waals surface area contributed by atoms with E-state index in [1.807, 2.05) is 0 Å². The van der Waals surface area contributed by atoms with Crippen LogP contribution in [-0.2, 0) is 6.42 Å². The molecular weight excluding hydrogens is 244 g/mol. The molecule has 3 unspecified atom stereocenters. The van der Waals surface area contributed by atoms with Gasteiger partial charge in [0.05, 0.1) is 0 Å². The first-order valence-corrected chi connectivity index (χ1v) is 8.34. The van der Waals surface area contributed by atoms with Crippen LogP contribution in [0.1, 0.15) is 50.3 Å². The molecule has 0 aromatic heterocycles. The van der Waals surface area contributed by atoms with E-state index < -0.39 is 0 Å². The summed E-state index contributed by atoms with van der Waals surface area (Å²) >= 11 is 0. The summed E-state index contributed by atoms with van der Waals surface area (Å²) in [7, 11) is 0. The molecule has 1 aromatic carbocycles. The highest BCUT2D eigenvalue weighted by Gasteiger charge is 2.35. The molecule has 3 rings (SSSR count). The molecule has 0 spiro atoms. The van der Waals surface area contributed by atoms with Crippen LogP contribution < -0.4 is 5.32 Å². The van der Waals surface area contributed by atoms with E-state index in [4.69, 9.17) is 0 Å². The Morgan fingerprint density at radius 2 is 2.05 bits per heavy atom. The number of fused-ring (bicyclic) bond motifs is 1. The third-order valence-electron chi connectivity index (χ3n) is 5.15. The van der Waals surface area contributed by atoms with E-state index in [0.717, 1.165) is 12.5 Å². The molecule has 110 valence electrons. The average molecular weight is 272 g/mol. The van der Waals surface area contributed by atoms with E-state index in [0.29, 0.717) is 12.1 Å². The van der Waals surface area contributed by atoms with Gasteiger partial charge in [0.2, 0.25) is 0 Å². The predicted molar refractivity (Wildman–Crippen MR) is 84.9 cm³/mol. The number of hydrogen-bond donors (Lipinski definition) is 1. The lowest BCUT2D eigenvalue weighted by Crippen LogP contribution is -2.43. The molecule has 3 atom stereocenters. The largest absolute Gasteiger partial charge is 0.309 e. The number of benzene rings is 1. The molecule has 1 fully saturated rings. The van der Waals surface area contributed by atoms with Gasteiger partial charge in [-0.3, -0.25) is 4.90 Å². The number of likely N-dealkylation sites (N-methyl/N-ethyl adjacent to an activating group) is 1. The Balaban J connectivity index is 1.79. The maximum Gasteiger partial charge on any atom is 0.0484 e. The van der Waals surface area contributed by atoms with Gasteiger partial charge in [-0.05, 0) is 62.4 Å². The fraction of sp³-hybridized carbons (Fsp3) is 0.667. The fourth-order valence-corrected chi connectivity index (χ4v) is 4.00. The minimum atomic E-state index is 0.532. The maximum atomic E-state index is 3.74. The molecular formula is C18H28N2. The second kappa shape index (κ2) is 6.28. The molecule has 20 heavy (non-hydrogen) atoms. The van der Waals surface area contributed by atoms with Crippen LogP contribution in [0.3, 0.4) is 0 Å². The van der Waals surface area contributed by atoms with Crippen LogP contribution >= 0.6 is 0 Å². The molecule has 1 aromatic rings. The van der Waals surface area contributed by atoms with Crippen LogP contribution in [0.4, 0.5) is 0 Å². The number of nitrogens with one attached hydrogen (secondary N) is 1. The van der Waals surface area contributed by atoms with Crippen LogP contribution in [-0.4, -0.2) is 30.6 Å². The van der Waals surface area contributed by atoms with Crippen LogP contribution in [0.25, 0.3) is 0 Å². The number of rotatable bonds is 3. The van der Waals surface area contributed by atoms with Crippen molar-refractivity contribution in [1.82, 2.24) is 10.2 Å². The van der Waals surface area contributed by atoms with Crippen LogP contribution in [0.5, 0.6) is 0 Å². The molecule has 1 saturated heterocycles. The summed E-state index contributed by atoms with van der Waals surface area (Å²) in [6, 6.07) is 10.2. The maximum absolute atomic E-state index is 3.74. The van der Waals surface area contributed by atoms with Crippen molar-refractivity contribution in [2.24, 2.45) is 5.92 Å². The summed E-state index contributed by atoms with van der Waals surface area (Å²) in [5, 5.41) is 3.74. The molecule has 0 saturated carbocycles. The van der Waals surface area contributed by atoms with Crippen molar-refractivity contribution in [3.8, 4) is 0 Å². The van der Waals surface area contributed by atoms with Gasteiger partial charge in [0.1, 0.15) is 0 Å². The molecule has 1 heterocycles. The van der Waals surface area contributed by atoms with E-state index in [9.17, 15) is 0 Å². The Bertz CT molecular complexity index is 443. The highest BCUT2D eigenvalue weighted by molar-refractivity contribution is 5.37. The van der Waals surface area contributed by atoms with Crippen molar-refractivity contribution in [1.29, 1.82) is 0 Å². The summed E-state index contributed by atoms with van der Waals surface area (Å²) < 4.78 is 0. The van der Waals surface area contributed by atoms with E-state index in [1.165, 1.54) is 44.3 Å². The number of likely N-dealkylation sites (tertiary alicyclic amines) is 1. The van der Waals surface area contributed by atoms with Crippen molar-refractivity contribution >= 4 is 0 Å². The summed E-state index contributed by atoms with van der Waals surface area (Å²) in [6.07, 6.45) is 5.36. The zero-order valence-corrected chi connectivity index (χ0v) is 12.9. The van der Waals surface area contributed by atoms with Crippen molar-refractivity contribution in [2.75, 3.05) is 19.6 Å². The highest BCUT2D eigenvalue weighted by Crippen LogP contribution is 2.35. The van der Waals surface area contributed by atoms with E-state index in [1.54, 1.807) is 5.56 Å². The minimum Gasteiger partial charge on any atom is -0.309 e. The van der Waals surface area contributed by atoms with Gasteiger partial charge in [-0.25, -0.2) is 0 Å². The van der Waals surface area contributed by atoms with Gasteiger partial charge < -0.3 is 5.32 Å². The Kier molecular flexibility index (Phi) is 4.42. The van der Waals surface area contributed by atoms with Gasteiger partial charge in [0.15, 0.2) is 0 Å². The summed E-state index contributed by atoms with van der Waals surface area (Å²) in [4.78, 5) is 2.76. The lowest BCUT2D eigenvalue weighted by Gasteiger charge is -2.32. The van der Waals surface area contributed by atoms with Crippen molar-refractivity contribution in [3.05, 3.63) is 35.4 Å². The molecule has 1 aliphatic heterocycles. The minimum absolute atomic E-state index is 0.532. The number of hydrogen-bond acceptors (Lipinski definition) is 2. The fourth-order valence-electron chi connectivity index (χ4n) is 4.00. The molecule has 0 bridgehead atoms. The molecule has 2 aliphatic rings. The first kappa shape index (κ1) is 14.1. The molecule has 2 nitrogen and oxygen atoms in total. The quantitative estimate of drug-likeness (QED) is 0.907. The Labute approximate surface area is 123 Å². The van der Waals surface area contributed by atoms with Gasteiger partial charge in [-0.1, -0.05) is 38.1 Å². The summed E-state index contributed by atoms with van der Waals surface area (Å²) in [5.41, 5.74) is 3.09. The van der Waals surface area contributed by atoms with E-state index in [-0.39, 0.29) is 0 Å². The third kappa shape index (κ3) is 2.77. The molecule has 1 aliphatic carbocycles. The second-order valence-electron chi connectivity index (χ2n) is 6.58. The predicted octanol–water partition coefficient (Wildman–Crippen LogP) is 3.38. The van der Waals surface area contributed by atoms with E-state index in [2.05, 4.69) is 48.3 Å². The zero-order chi connectivity index (χ0) is 13.9. The standard InChI is InChI=1S/C18H28N2/c1-3-19-18-16-9-5-4-8-15(16)13-17(18)20-11-6-7-14(2)10-12-20/h4-5,8-9,14,17-19H,3,6-7,10-13H2,1-2H3. The highest BCUT2D eigenvalue weighted by atomic mass is 15.2. The van der Waals surface area contributed by atoms with Gasteiger partial charge in [-0.2, -0.15) is 0 Å².